The van der Waals surface area contributed by atoms with Crippen molar-refractivity contribution in [2.45, 2.75) is 37.6 Å². The van der Waals surface area contributed by atoms with Crippen LogP contribution in [0.15, 0.2) is 0 Å². The van der Waals surface area contributed by atoms with Crippen LogP contribution in [0, 0.1) is 0 Å². The van der Waals surface area contributed by atoms with E-state index in [-0.39, 0.29) is 0 Å². The van der Waals surface area contributed by atoms with Crippen LogP contribution in [0.3, 0.4) is 0 Å². The van der Waals surface area contributed by atoms with Crippen LogP contribution in [0.25, 0.3) is 0 Å². The van der Waals surface area contributed by atoms with Gasteiger partial charge in [0.05, 0.1) is 14.2 Å². The molecule has 1 rings (SSSR count). The van der Waals surface area contributed by atoms with Gasteiger partial charge in [-0.2, -0.15) is 0 Å². The largest absolute Gasteiger partial charge is 0.467 e. The molecule has 1 fully saturated rings. The van der Waals surface area contributed by atoms with Crippen molar-refractivity contribution in [2.24, 2.45) is 0 Å². The van der Waals surface area contributed by atoms with Gasteiger partial charge in [-0.1, -0.05) is 0 Å². The summed E-state index contributed by atoms with van der Waals surface area (Å²) in [5.41, 5.74) is 0. The van der Waals surface area contributed by atoms with Crippen molar-refractivity contribution in [1.29, 1.82) is 0 Å². The van der Waals surface area contributed by atoms with E-state index in [1.807, 2.05) is 0 Å². The minimum atomic E-state index is -1.41. The summed E-state index contributed by atoms with van der Waals surface area (Å²) in [6.45, 7) is 3.06. The van der Waals surface area contributed by atoms with Crippen LogP contribution in [0.4, 0.5) is 0 Å². The third-order valence-corrected chi connectivity index (χ3v) is 3.45. The number of carbonyl (C=O) groups is 2. The standard InChI is InChI=1S/C12H20O8/c1-11(17-5)12(2,18-6)20-8(10(14)16-4)7(19-11)9(13)15-3/h7-8H,1-6H3/t7?,8?,11-,12-/m1/s1. The number of esters is 2. The summed E-state index contributed by atoms with van der Waals surface area (Å²) in [5.74, 6) is -4.38. The van der Waals surface area contributed by atoms with E-state index < -0.39 is 35.7 Å². The molecular formula is C12H20O8. The molecule has 8 nitrogen and oxygen atoms in total. The van der Waals surface area contributed by atoms with Crippen molar-refractivity contribution in [1.82, 2.24) is 0 Å². The summed E-state index contributed by atoms with van der Waals surface area (Å²) in [6, 6.07) is 0. The first-order valence-corrected chi connectivity index (χ1v) is 5.90. The predicted octanol–water partition coefficient (Wildman–Crippen LogP) is -0.158. The van der Waals surface area contributed by atoms with E-state index in [0.717, 1.165) is 0 Å². The van der Waals surface area contributed by atoms with E-state index in [1.54, 1.807) is 0 Å². The van der Waals surface area contributed by atoms with Crippen molar-refractivity contribution in [3.63, 3.8) is 0 Å². The van der Waals surface area contributed by atoms with E-state index in [9.17, 15) is 9.59 Å². The molecule has 2 unspecified atom stereocenters. The molecule has 1 aliphatic heterocycles. The number of carbonyl (C=O) groups excluding carboxylic acids is 2. The maximum absolute atomic E-state index is 11.8. The molecule has 0 radical (unpaired) electrons. The van der Waals surface area contributed by atoms with Gasteiger partial charge in [-0.15, -0.1) is 0 Å². The minimum Gasteiger partial charge on any atom is -0.467 e. The average molecular weight is 292 g/mol. The van der Waals surface area contributed by atoms with E-state index >= 15 is 0 Å². The molecule has 0 saturated carbocycles. The Hall–Kier alpha value is -1.22. The van der Waals surface area contributed by atoms with Gasteiger partial charge in [-0.25, -0.2) is 9.59 Å². The zero-order valence-corrected chi connectivity index (χ0v) is 12.4. The molecule has 0 amide bonds. The molecule has 1 saturated heterocycles. The fraction of sp³-hybridized carbons (Fsp3) is 0.833. The van der Waals surface area contributed by atoms with Crippen molar-refractivity contribution >= 4 is 11.9 Å². The summed E-state index contributed by atoms with van der Waals surface area (Å²) in [5, 5.41) is 0. The number of methoxy groups -OCH3 is 4. The highest BCUT2D eigenvalue weighted by atomic mass is 16.8. The number of hydrogen-bond acceptors (Lipinski definition) is 8. The second kappa shape index (κ2) is 6.04. The maximum atomic E-state index is 11.8. The van der Waals surface area contributed by atoms with Crippen molar-refractivity contribution in [3.8, 4) is 0 Å². The van der Waals surface area contributed by atoms with Gasteiger partial charge in [0.15, 0.2) is 12.2 Å². The first-order chi connectivity index (χ1) is 9.28. The fourth-order valence-electron chi connectivity index (χ4n) is 1.86. The summed E-state index contributed by atoms with van der Waals surface area (Å²) in [7, 11) is 5.09. The van der Waals surface area contributed by atoms with Crippen LogP contribution in [0.2, 0.25) is 0 Å². The van der Waals surface area contributed by atoms with Crippen LogP contribution in [0.5, 0.6) is 0 Å². The Balaban J connectivity index is 3.18. The molecule has 0 aromatic rings. The van der Waals surface area contributed by atoms with Gasteiger partial charge < -0.3 is 28.4 Å². The van der Waals surface area contributed by atoms with Crippen LogP contribution >= 0.6 is 0 Å². The molecule has 0 aliphatic carbocycles. The van der Waals surface area contributed by atoms with Gasteiger partial charge in [0.2, 0.25) is 11.6 Å². The molecule has 20 heavy (non-hydrogen) atoms. The Morgan fingerprint density at radius 1 is 0.800 bits per heavy atom. The van der Waals surface area contributed by atoms with Gasteiger partial charge in [0.25, 0.3) is 0 Å². The normalized spacial score (nSPS) is 37.3. The molecule has 8 heteroatoms. The number of ether oxygens (including phenoxy) is 6. The summed E-state index contributed by atoms with van der Waals surface area (Å²) >= 11 is 0. The SMILES string of the molecule is COC(=O)C1O[C@@](C)(OC)[C@](C)(OC)OC1C(=O)OC. The van der Waals surface area contributed by atoms with Gasteiger partial charge in [0, 0.05) is 14.2 Å². The van der Waals surface area contributed by atoms with Gasteiger partial charge in [-0.3, -0.25) is 0 Å². The first kappa shape index (κ1) is 16.8. The van der Waals surface area contributed by atoms with E-state index in [2.05, 4.69) is 9.47 Å². The van der Waals surface area contributed by atoms with Crippen molar-refractivity contribution < 1.29 is 38.0 Å². The van der Waals surface area contributed by atoms with Gasteiger partial charge in [-0.05, 0) is 13.8 Å². The Morgan fingerprint density at radius 2 is 1.10 bits per heavy atom. The quantitative estimate of drug-likeness (QED) is 0.660. The second-order valence-electron chi connectivity index (χ2n) is 4.42. The molecule has 1 aliphatic rings. The van der Waals surface area contributed by atoms with Crippen LogP contribution in [-0.2, 0) is 38.0 Å². The third kappa shape index (κ3) is 2.64. The summed E-state index contributed by atoms with van der Waals surface area (Å²) in [6.07, 6.45) is -2.64. The third-order valence-electron chi connectivity index (χ3n) is 3.45. The first-order valence-electron chi connectivity index (χ1n) is 5.90. The molecule has 4 atom stereocenters. The monoisotopic (exact) mass is 292 g/mol. The van der Waals surface area contributed by atoms with E-state index in [0.29, 0.717) is 0 Å². The predicted molar refractivity (Wildman–Crippen MR) is 64.6 cm³/mol. The fourth-order valence-corrected chi connectivity index (χ4v) is 1.86. The average Bonchev–Trinajstić information content (AvgIpc) is 2.47. The van der Waals surface area contributed by atoms with Crippen LogP contribution < -0.4 is 0 Å². The minimum absolute atomic E-state index is 0.776. The van der Waals surface area contributed by atoms with Crippen LogP contribution in [0.1, 0.15) is 13.8 Å². The highest BCUT2D eigenvalue weighted by molar-refractivity contribution is 5.85. The lowest BCUT2D eigenvalue weighted by molar-refractivity contribution is -0.439. The Bertz CT molecular complexity index is 348. The Morgan fingerprint density at radius 3 is 1.30 bits per heavy atom. The summed E-state index contributed by atoms with van der Waals surface area (Å²) < 4.78 is 30.8. The lowest BCUT2D eigenvalue weighted by Crippen LogP contribution is -2.68. The lowest BCUT2D eigenvalue weighted by atomic mass is 10.0. The summed E-state index contributed by atoms with van der Waals surface area (Å²) in [4.78, 5) is 23.5. The Labute approximate surface area is 117 Å². The molecule has 0 aromatic carbocycles. The Kier molecular flexibility index (Phi) is 5.09. The smallest absolute Gasteiger partial charge is 0.338 e. The van der Waals surface area contributed by atoms with Crippen molar-refractivity contribution in [3.05, 3.63) is 0 Å². The molecule has 1 heterocycles. The molecule has 0 bridgehead atoms. The molecule has 116 valence electrons. The molecule has 0 spiro atoms. The molecular weight excluding hydrogens is 272 g/mol. The topological polar surface area (TPSA) is 89.5 Å². The van der Waals surface area contributed by atoms with Gasteiger partial charge in [0.1, 0.15) is 0 Å². The lowest BCUT2D eigenvalue weighted by Gasteiger charge is -2.50. The maximum Gasteiger partial charge on any atom is 0.338 e. The van der Waals surface area contributed by atoms with Crippen molar-refractivity contribution in [2.75, 3.05) is 28.4 Å². The van der Waals surface area contributed by atoms with Gasteiger partial charge >= 0.3 is 11.9 Å². The molecule has 0 N–H and O–H groups in total. The highest BCUT2D eigenvalue weighted by Crippen LogP contribution is 2.39. The van der Waals surface area contributed by atoms with E-state index in [1.165, 1.54) is 42.3 Å². The number of rotatable bonds is 4. The number of hydrogen-bond donors (Lipinski definition) is 0. The zero-order valence-electron chi connectivity index (χ0n) is 12.4. The molecule has 0 aromatic heterocycles. The zero-order chi connectivity index (χ0) is 15.6. The van der Waals surface area contributed by atoms with E-state index in [4.69, 9.17) is 18.9 Å². The highest BCUT2D eigenvalue weighted by Gasteiger charge is 2.60. The second-order valence-corrected chi connectivity index (χ2v) is 4.42. The van der Waals surface area contributed by atoms with Crippen LogP contribution in [-0.4, -0.2) is 64.2 Å².